The molecule has 0 unspecified atom stereocenters. The number of aromatic nitrogens is 6. The Hall–Kier alpha value is -5.25. The van der Waals surface area contributed by atoms with Gasteiger partial charge >= 0.3 is 0 Å². The molecule has 6 aromatic rings. The van der Waals surface area contributed by atoms with Crippen molar-refractivity contribution in [2.45, 2.75) is 19.3 Å². The summed E-state index contributed by atoms with van der Waals surface area (Å²) >= 11 is 0. The van der Waals surface area contributed by atoms with Gasteiger partial charge in [0.05, 0.1) is 34.1 Å². The number of carbonyl (C=O) groups excluding carboxylic acids is 1. The number of imidazole rings is 1. The number of hydrogen-bond donors (Lipinski definition) is 3. The molecule has 8 rings (SSSR count). The van der Waals surface area contributed by atoms with Gasteiger partial charge in [-0.25, -0.2) is 9.97 Å². The van der Waals surface area contributed by atoms with Crippen molar-refractivity contribution in [3.63, 3.8) is 0 Å². The minimum Gasteiger partial charge on any atom is -0.454 e. The van der Waals surface area contributed by atoms with Crippen LogP contribution in [-0.2, 0) is 4.79 Å². The molecule has 0 radical (unpaired) electrons. The molecule has 10 heteroatoms. The zero-order valence-electron chi connectivity index (χ0n) is 21.3. The van der Waals surface area contributed by atoms with Crippen LogP contribution in [0.5, 0.6) is 11.5 Å². The average Bonchev–Trinajstić information content (AvgIpc) is 3.69. The first kappa shape index (κ1) is 22.7. The van der Waals surface area contributed by atoms with Crippen molar-refractivity contribution >= 4 is 33.7 Å². The summed E-state index contributed by atoms with van der Waals surface area (Å²) in [5.41, 5.74) is 7.94. The Balaban J connectivity index is 1.16. The highest BCUT2D eigenvalue weighted by molar-refractivity contribution is 5.97. The number of para-hydroxylation sites is 1. The number of rotatable bonds is 5. The second kappa shape index (κ2) is 8.91. The maximum atomic E-state index is 12.4. The van der Waals surface area contributed by atoms with E-state index in [2.05, 4.69) is 25.5 Å². The van der Waals surface area contributed by atoms with Crippen molar-refractivity contribution in [3.8, 4) is 45.4 Å². The summed E-state index contributed by atoms with van der Waals surface area (Å²) in [5, 5.41) is 10.6. The van der Waals surface area contributed by atoms with Gasteiger partial charge in [0.2, 0.25) is 12.7 Å². The number of H-pyrrole nitrogens is 2. The molecule has 10 nitrogen and oxygen atoms in total. The fraction of sp³-hybridized carbons (Fsp3) is 0.167. The van der Waals surface area contributed by atoms with Gasteiger partial charge in [-0.15, -0.1) is 0 Å². The summed E-state index contributed by atoms with van der Waals surface area (Å²) in [6.07, 6.45) is 6.40. The number of pyridine rings is 2. The third-order valence-electron chi connectivity index (χ3n) is 7.61. The van der Waals surface area contributed by atoms with Crippen molar-refractivity contribution in [1.29, 1.82) is 0 Å². The predicted octanol–water partition coefficient (Wildman–Crippen LogP) is 5.70. The molecule has 0 spiro atoms. The van der Waals surface area contributed by atoms with Crippen LogP contribution in [0.3, 0.4) is 0 Å². The molecular formula is C30H23N7O3. The highest BCUT2D eigenvalue weighted by Crippen LogP contribution is 2.38. The number of anilines is 1. The maximum absolute atomic E-state index is 12.4. The van der Waals surface area contributed by atoms with Gasteiger partial charge in [0.1, 0.15) is 5.52 Å². The van der Waals surface area contributed by atoms with Gasteiger partial charge in [-0.1, -0.05) is 24.6 Å². The van der Waals surface area contributed by atoms with Crippen LogP contribution in [0.25, 0.3) is 56.0 Å². The molecule has 1 amide bonds. The van der Waals surface area contributed by atoms with E-state index in [1.54, 1.807) is 12.4 Å². The summed E-state index contributed by atoms with van der Waals surface area (Å²) in [6.45, 7) is 0.228. The predicted molar refractivity (Wildman–Crippen MR) is 150 cm³/mol. The van der Waals surface area contributed by atoms with E-state index in [4.69, 9.17) is 19.4 Å². The summed E-state index contributed by atoms with van der Waals surface area (Å²) in [4.78, 5) is 30.1. The van der Waals surface area contributed by atoms with Crippen LogP contribution in [0.4, 0.5) is 5.69 Å². The lowest BCUT2D eigenvalue weighted by Crippen LogP contribution is -2.28. The third kappa shape index (κ3) is 3.76. The Morgan fingerprint density at radius 1 is 0.900 bits per heavy atom. The van der Waals surface area contributed by atoms with Crippen LogP contribution >= 0.6 is 0 Å². The minimum absolute atomic E-state index is 0.0516. The number of amides is 1. The number of benzene rings is 2. The van der Waals surface area contributed by atoms with E-state index < -0.39 is 0 Å². The Morgan fingerprint density at radius 2 is 1.82 bits per heavy atom. The van der Waals surface area contributed by atoms with Gasteiger partial charge in [-0.2, -0.15) is 5.10 Å². The highest BCUT2D eigenvalue weighted by atomic mass is 16.7. The molecule has 2 aromatic carbocycles. The van der Waals surface area contributed by atoms with Crippen molar-refractivity contribution in [2.24, 2.45) is 5.92 Å². The van der Waals surface area contributed by atoms with E-state index in [0.29, 0.717) is 22.7 Å². The summed E-state index contributed by atoms with van der Waals surface area (Å²) in [6, 6.07) is 17.7. The van der Waals surface area contributed by atoms with E-state index in [1.807, 2.05) is 54.6 Å². The van der Waals surface area contributed by atoms with Crippen molar-refractivity contribution < 1.29 is 14.3 Å². The van der Waals surface area contributed by atoms with E-state index in [-0.39, 0.29) is 18.6 Å². The van der Waals surface area contributed by atoms with Gasteiger partial charge in [0.25, 0.3) is 0 Å². The maximum Gasteiger partial charge on any atom is 0.231 e. The van der Waals surface area contributed by atoms with Gasteiger partial charge < -0.3 is 19.8 Å². The normalized spacial score (nSPS) is 14.5. The lowest BCUT2D eigenvalue weighted by Gasteiger charge is -2.24. The monoisotopic (exact) mass is 529 g/mol. The van der Waals surface area contributed by atoms with Crippen LogP contribution < -0.4 is 14.8 Å². The molecule has 40 heavy (non-hydrogen) atoms. The van der Waals surface area contributed by atoms with Crippen LogP contribution in [0, 0.1) is 5.92 Å². The Labute approximate surface area is 227 Å². The third-order valence-corrected chi connectivity index (χ3v) is 7.61. The molecular weight excluding hydrogens is 506 g/mol. The number of carbonyl (C=O) groups is 1. The van der Waals surface area contributed by atoms with E-state index in [1.165, 1.54) is 0 Å². The summed E-state index contributed by atoms with van der Waals surface area (Å²) in [5.74, 6) is 2.22. The largest absolute Gasteiger partial charge is 0.454 e. The summed E-state index contributed by atoms with van der Waals surface area (Å²) < 4.78 is 11.0. The fourth-order valence-corrected chi connectivity index (χ4v) is 5.23. The molecule has 1 saturated carbocycles. The number of nitrogens with zero attached hydrogens (tertiary/aromatic N) is 4. The molecule has 0 saturated heterocycles. The van der Waals surface area contributed by atoms with E-state index in [0.717, 1.165) is 69.7 Å². The first-order chi connectivity index (χ1) is 19.7. The smallest absolute Gasteiger partial charge is 0.231 e. The molecule has 4 aromatic heterocycles. The lowest BCUT2D eigenvalue weighted by molar-refractivity contribution is -0.122. The molecule has 2 aliphatic rings. The second-order valence-electron chi connectivity index (χ2n) is 10.1. The van der Waals surface area contributed by atoms with Crippen LogP contribution in [0.15, 0.2) is 67.0 Å². The Bertz CT molecular complexity index is 1940. The van der Waals surface area contributed by atoms with E-state index >= 15 is 0 Å². The van der Waals surface area contributed by atoms with Crippen LogP contribution in [-0.4, -0.2) is 42.8 Å². The van der Waals surface area contributed by atoms with Gasteiger partial charge in [0.15, 0.2) is 23.0 Å². The number of fused-ring (bicyclic) bond motifs is 3. The quantitative estimate of drug-likeness (QED) is 0.261. The molecule has 196 valence electrons. The average molecular weight is 530 g/mol. The molecule has 1 fully saturated rings. The van der Waals surface area contributed by atoms with E-state index in [9.17, 15) is 4.79 Å². The van der Waals surface area contributed by atoms with Crippen LogP contribution in [0.1, 0.15) is 19.3 Å². The number of ether oxygens (including phenoxy) is 2. The van der Waals surface area contributed by atoms with Crippen molar-refractivity contribution in [1.82, 2.24) is 30.1 Å². The Morgan fingerprint density at radius 3 is 2.73 bits per heavy atom. The molecule has 3 N–H and O–H groups in total. The molecule has 0 atom stereocenters. The molecule has 5 heterocycles. The van der Waals surface area contributed by atoms with Crippen LogP contribution in [0.2, 0.25) is 0 Å². The van der Waals surface area contributed by atoms with Crippen molar-refractivity contribution in [3.05, 3.63) is 67.0 Å². The first-order valence-corrected chi connectivity index (χ1v) is 13.2. The zero-order valence-corrected chi connectivity index (χ0v) is 21.3. The van der Waals surface area contributed by atoms with Gasteiger partial charge in [-0.05, 0) is 54.8 Å². The lowest BCUT2D eigenvalue weighted by atomic mass is 9.85. The number of aromatic amines is 2. The number of nitrogens with one attached hydrogen (secondary N) is 3. The molecule has 1 aliphatic carbocycles. The molecule has 1 aliphatic heterocycles. The Kier molecular flexibility index (Phi) is 5.06. The summed E-state index contributed by atoms with van der Waals surface area (Å²) in [7, 11) is 0. The highest BCUT2D eigenvalue weighted by Gasteiger charge is 2.25. The topological polar surface area (TPSA) is 131 Å². The minimum atomic E-state index is 0.0516. The SMILES string of the molecule is O=C(Nc1cncc(-c2ccc3[nH]nc(-c4nc5c(-c6ccc7c(c6)OCO7)cccc5[nH]4)c3n2)c1)C1CCC1. The fourth-order valence-electron chi connectivity index (χ4n) is 5.23. The van der Waals surface area contributed by atoms with Gasteiger partial charge in [0, 0.05) is 23.2 Å². The second-order valence-corrected chi connectivity index (χ2v) is 10.1. The number of hydrogen-bond acceptors (Lipinski definition) is 7. The molecule has 0 bridgehead atoms. The zero-order chi connectivity index (χ0) is 26.6. The van der Waals surface area contributed by atoms with Crippen molar-refractivity contribution in [2.75, 3.05) is 12.1 Å². The van der Waals surface area contributed by atoms with Gasteiger partial charge in [-0.3, -0.25) is 14.9 Å². The first-order valence-electron chi connectivity index (χ1n) is 13.2. The standard InChI is InChI=1S/C30H23N7O3/c38-30(16-3-1-4-16)32-19-11-18(13-31-14-19)21-8-9-23-27(33-21)28(37-36-23)29-34-22-6-2-5-20(26(22)35-29)17-7-10-24-25(12-17)40-15-39-24/h2,5-14,16H,1,3-4,15H2,(H,32,38)(H,34,35)(H,36,37).